The molecule has 2 aromatic rings. The average molecular weight is 467 g/mol. The molecule has 1 fully saturated rings. The van der Waals surface area contributed by atoms with Crippen LogP contribution in [0.2, 0.25) is 0 Å². The monoisotopic (exact) mass is 466 g/mol. The van der Waals surface area contributed by atoms with Gasteiger partial charge in [0.05, 0.1) is 6.42 Å². The minimum Gasteiger partial charge on any atom is -0.477 e. The van der Waals surface area contributed by atoms with Crippen LogP contribution in [0.25, 0.3) is 11.1 Å². The van der Waals surface area contributed by atoms with E-state index in [0.29, 0.717) is 5.57 Å². The van der Waals surface area contributed by atoms with Crippen molar-refractivity contribution in [2.75, 3.05) is 12.4 Å². The van der Waals surface area contributed by atoms with E-state index in [2.05, 4.69) is 5.32 Å². The molecular weight excluding hydrogens is 444 g/mol. The Labute approximate surface area is 194 Å². The van der Waals surface area contributed by atoms with E-state index >= 15 is 0 Å². The lowest BCUT2D eigenvalue weighted by atomic mass is 10.0. The van der Waals surface area contributed by atoms with Crippen LogP contribution in [0.4, 0.5) is 0 Å². The van der Waals surface area contributed by atoms with Crippen LogP contribution < -0.4 is 5.32 Å². The molecule has 170 valence electrons. The number of esters is 1. The van der Waals surface area contributed by atoms with Gasteiger partial charge in [-0.3, -0.25) is 19.3 Å². The summed E-state index contributed by atoms with van der Waals surface area (Å²) in [5, 5.41) is 11.8. The second-order valence-corrected chi connectivity index (χ2v) is 8.84. The number of carbonyl (C=O) groups is 4. The third kappa shape index (κ3) is 4.78. The SMILES string of the molecule is CC(=O)OCC1=C(C(=O)O)N2C(=O)[C@@H](NC(=O)Cc3ccc(-c4ccccc4)cc3)C2SC1. The topological polar surface area (TPSA) is 113 Å². The molecule has 0 aromatic heterocycles. The van der Waals surface area contributed by atoms with Gasteiger partial charge < -0.3 is 15.2 Å². The van der Waals surface area contributed by atoms with Crippen molar-refractivity contribution in [1.29, 1.82) is 0 Å². The van der Waals surface area contributed by atoms with Crippen molar-refractivity contribution in [3.05, 3.63) is 71.4 Å². The zero-order chi connectivity index (χ0) is 23.5. The number of nitrogens with one attached hydrogen (secondary N) is 1. The third-order valence-corrected chi connectivity index (χ3v) is 6.78. The summed E-state index contributed by atoms with van der Waals surface area (Å²) in [5.41, 5.74) is 3.11. The molecule has 9 heteroatoms. The molecule has 2 amide bonds. The van der Waals surface area contributed by atoms with E-state index in [1.54, 1.807) is 0 Å². The number of ether oxygens (including phenoxy) is 1. The van der Waals surface area contributed by atoms with E-state index in [-0.39, 0.29) is 30.4 Å². The maximum atomic E-state index is 12.7. The van der Waals surface area contributed by atoms with E-state index in [1.807, 2.05) is 54.6 Å². The zero-order valence-electron chi connectivity index (χ0n) is 17.8. The minimum atomic E-state index is -1.26. The number of thioether (sulfide) groups is 1. The molecular formula is C24H22N2O6S. The number of fused-ring (bicyclic) bond motifs is 1. The van der Waals surface area contributed by atoms with Gasteiger partial charge in [-0.25, -0.2) is 4.79 Å². The molecule has 0 aliphatic carbocycles. The highest BCUT2D eigenvalue weighted by Gasteiger charge is 2.54. The van der Waals surface area contributed by atoms with Gasteiger partial charge in [0, 0.05) is 18.2 Å². The van der Waals surface area contributed by atoms with Crippen molar-refractivity contribution in [3.8, 4) is 11.1 Å². The molecule has 0 radical (unpaired) electrons. The molecule has 8 nitrogen and oxygen atoms in total. The lowest BCUT2D eigenvalue weighted by Crippen LogP contribution is -2.70. The van der Waals surface area contributed by atoms with E-state index in [9.17, 15) is 24.3 Å². The number of amides is 2. The molecule has 2 aromatic carbocycles. The number of nitrogens with zero attached hydrogens (tertiary/aromatic N) is 1. The molecule has 2 atom stereocenters. The van der Waals surface area contributed by atoms with Crippen LogP contribution in [0, 0.1) is 0 Å². The van der Waals surface area contributed by atoms with E-state index in [4.69, 9.17) is 4.74 Å². The number of carboxylic acid groups (broad SMARTS) is 1. The van der Waals surface area contributed by atoms with Crippen LogP contribution in [0.5, 0.6) is 0 Å². The Hall–Kier alpha value is -3.59. The first-order valence-electron chi connectivity index (χ1n) is 10.3. The fraction of sp³-hybridized carbons (Fsp3) is 0.250. The number of rotatable bonds is 7. The van der Waals surface area contributed by atoms with E-state index in [0.717, 1.165) is 21.6 Å². The van der Waals surface area contributed by atoms with Crippen molar-refractivity contribution < 1.29 is 29.0 Å². The predicted octanol–water partition coefficient (Wildman–Crippen LogP) is 2.20. The van der Waals surface area contributed by atoms with Gasteiger partial charge in [0.2, 0.25) is 5.91 Å². The number of β-lactam (4-membered cyclic amide) rings is 1. The molecule has 2 aliphatic heterocycles. The lowest BCUT2D eigenvalue weighted by molar-refractivity contribution is -0.151. The van der Waals surface area contributed by atoms with Gasteiger partial charge in [-0.2, -0.15) is 0 Å². The molecule has 4 rings (SSSR count). The highest BCUT2D eigenvalue weighted by Crippen LogP contribution is 2.40. The molecule has 2 aliphatic rings. The molecule has 0 spiro atoms. The zero-order valence-corrected chi connectivity index (χ0v) is 18.6. The highest BCUT2D eigenvalue weighted by atomic mass is 32.2. The first-order chi connectivity index (χ1) is 15.8. The number of carbonyl (C=O) groups excluding carboxylic acids is 3. The van der Waals surface area contributed by atoms with Gasteiger partial charge in [-0.15, -0.1) is 11.8 Å². The summed E-state index contributed by atoms with van der Waals surface area (Å²) in [7, 11) is 0. The van der Waals surface area contributed by atoms with Gasteiger partial charge in [-0.05, 0) is 16.7 Å². The largest absolute Gasteiger partial charge is 0.477 e. The van der Waals surface area contributed by atoms with E-state index < -0.39 is 29.3 Å². The maximum absolute atomic E-state index is 12.7. The van der Waals surface area contributed by atoms with Gasteiger partial charge in [-0.1, -0.05) is 54.6 Å². The first-order valence-corrected chi connectivity index (χ1v) is 11.4. The van der Waals surface area contributed by atoms with Crippen LogP contribution in [0.15, 0.2) is 65.9 Å². The smallest absolute Gasteiger partial charge is 0.352 e. The van der Waals surface area contributed by atoms with Gasteiger partial charge in [0.15, 0.2) is 0 Å². The van der Waals surface area contributed by atoms with Gasteiger partial charge >= 0.3 is 11.9 Å². The fourth-order valence-corrected chi connectivity index (χ4v) is 5.17. The van der Waals surface area contributed by atoms with E-state index in [1.165, 1.54) is 18.7 Å². The van der Waals surface area contributed by atoms with Gasteiger partial charge in [0.1, 0.15) is 23.7 Å². The number of hydrogen-bond acceptors (Lipinski definition) is 6. The Balaban J connectivity index is 1.39. The van der Waals surface area contributed by atoms with Crippen LogP contribution in [0.3, 0.4) is 0 Å². The van der Waals surface area contributed by atoms with Gasteiger partial charge in [0.25, 0.3) is 5.91 Å². The maximum Gasteiger partial charge on any atom is 0.352 e. The summed E-state index contributed by atoms with van der Waals surface area (Å²) in [6.07, 6.45) is 0.107. The van der Waals surface area contributed by atoms with Crippen molar-refractivity contribution in [1.82, 2.24) is 10.2 Å². The molecule has 33 heavy (non-hydrogen) atoms. The van der Waals surface area contributed by atoms with Crippen molar-refractivity contribution in [3.63, 3.8) is 0 Å². The minimum absolute atomic E-state index is 0.107. The van der Waals surface area contributed by atoms with Crippen molar-refractivity contribution in [2.24, 2.45) is 0 Å². The highest BCUT2D eigenvalue weighted by molar-refractivity contribution is 8.00. The summed E-state index contributed by atoms with van der Waals surface area (Å²) < 4.78 is 4.92. The molecule has 0 bridgehead atoms. The first kappa shape index (κ1) is 22.6. The second-order valence-electron chi connectivity index (χ2n) is 7.73. The Morgan fingerprint density at radius 2 is 1.76 bits per heavy atom. The molecule has 0 saturated carbocycles. The fourth-order valence-electron chi connectivity index (χ4n) is 3.84. The summed E-state index contributed by atoms with van der Waals surface area (Å²) in [6.45, 7) is 1.05. The standard InChI is InChI=1S/C24H22N2O6S/c1-14(27)32-12-18-13-33-23-20(22(29)26(23)21(18)24(30)31)25-19(28)11-15-7-9-17(10-8-15)16-5-3-2-4-6-16/h2-10,20,23H,11-13H2,1H3,(H,25,28)(H,30,31)/t20-,23?/m1/s1. The number of hydrogen-bond donors (Lipinski definition) is 2. The summed E-state index contributed by atoms with van der Waals surface area (Å²) in [4.78, 5) is 49.2. The second kappa shape index (κ2) is 9.50. The Bertz CT molecular complexity index is 1130. The van der Waals surface area contributed by atoms with Crippen molar-refractivity contribution >= 4 is 35.5 Å². The third-order valence-electron chi connectivity index (χ3n) is 5.44. The number of carboxylic acids is 1. The van der Waals surface area contributed by atoms with Crippen LogP contribution in [-0.2, 0) is 30.3 Å². The summed E-state index contributed by atoms with van der Waals surface area (Å²) in [6, 6.07) is 16.7. The van der Waals surface area contributed by atoms with Crippen LogP contribution in [-0.4, -0.2) is 57.5 Å². The summed E-state index contributed by atoms with van der Waals surface area (Å²) in [5.74, 6) is -2.31. The number of benzene rings is 2. The summed E-state index contributed by atoms with van der Waals surface area (Å²) >= 11 is 1.33. The Kier molecular flexibility index (Phi) is 6.50. The number of aliphatic carboxylic acids is 1. The molecule has 1 unspecified atom stereocenters. The molecule has 2 N–H and O–H groups in total. The lowest BCUT2D eigenvalue weighted by Gasteiger charge is -2.49. The molecule has 2 heterocycles. The Morgan fingerprint density at radius 1 is 1.09 bits per heavy atom. The quantitative estimate of drug-likeness (QED) is 0.475. The van der Waals surface area contributed by atoms with Crippen molar-refractivity contribution in [2.45, 2.75) is 24.8 Å². The predicted molar refractivity (Wildman–Crippen MR) is 122 cm³/mol. The van der Waals surface area contributed by atoms with Crippen LogP contribution >= 0.6 is 11.8 Å². The Morgan fingerprint density at radius 3 is 2.39 bits per heavy atom. The average Bonchev–Trinajstić information content (AvgIpc) is 2.81. The van der Waals surface area contributed by atoms with Crippen LogP contribution in [0.1, 0.15) is 12.5 Å². The normalized spacial score (nSPS) is 19.4. The molecule has 1 saturated heterocycles.